The molecule has 3 fully saturated rings. The lowest BCUT2D eigenvalue weighted by Crippen LogP contribution is -2.58. The Bertz CT molecular complexity index is 860. The average molecular weight is 411 g/mol. The van der Waals surface area contributed by atoms with Crippen molar-refractivity contribution in [2.45, 2.75) is 44.8 Å². The zero-order valence-electron chi connectivity index (χ0n) is 17.5. The third-order valence-electron chi connectivity index (χ3n) is 5.67. The highest BCUT2D eigenvalue weighted by atomic mass is 16.6. The van der Waals surface area contributed by atoms with Gasteiger partial charge in [0, 0.05) is 18.0 Å². The molecule has 30 heavy (non-hydrogen) atoms. The second-order valence-electron chi connectivity index (χ2n) is 7.85. The second kappa shape index (κ2) is 9.92. The maximum atomic E-state index is 11.8. The van der Waals surface area contributed by atoms with Crippen LogP contribution in [0.2, 0.25) is 0 Å². The minimum atomic E-state index is -0.955. The van der Waals surface area contributed by atoms with E-state index in [1.54, 1.807) is 13.0 Å². The molecule has 0 spiro atoms. The second-order valence-corrected chi connectivity index (χ2v) is 7.85. The molecule has 0 radical (unpaired) electrons. The molecule has 3 saturated heterocycles. The van der Waals surface area contributed by atoms with Crippen molar-refractivity contribution in [1.82, 2.24) is 4.90 Å². The summed E-state index contributed by atoms with van der Waals surface area (Å²) in [6.45, 7) is 8.48. The molecular weight excluding hydrogens is 382 g/mol. The van der Waals surface area contributed by atoms with Crippen molar-refractivity contribution in [2.75, 3.05) is 26.2 Å². The van der Waals surface area contributed by atoms with Crippen LogP contribution < -0.4 is 0 Å². The van der Waals surface area contributed by atoms with Gasteiger partial charge in [0.05, 0.1) is 6.61 Å². The predicted octanol–water partition coefficient (Wildman–Crippen LogP) is 2.22. The van der Waals surface area contributed by atoms with Crippen LogP contribution in [0.1, 0.15) is 42.9 Å². The predicted molar refractivity (Wildman–Crippen MR) is 112 cm³/mol. The molecule has 0 aliphatic carbocycles. The number of rotatable bonds is 7. The van der Waals surface area contributed by atoms with Crippen LogP contribution in [0.3, 0.4) is 0 Å². The summed E-state index contributed by atoms with van der Waals surface area (Å²) in [7, 11) is 0. The van der Waals surface area contributed by atoms with Gasteiger partial charge in [0.25, 0.3) is 0 Å². The van der Waals surface area contributed by atoms with E-state index in [4.69, 9.17) is 9.47 Å². The topological polar surface area (TPSA) is 76.1 Å². The number of esters is 2. The summed E-state index contributed by atoms with van der Waals surface area (Å²) >= 11 is 0. The first-order valence-corrected chi connectivity index (χ1v) is 10.5. The molecule has 2 bridgehead atoms. The number of fused-ring (bicyclic) bond motifs is 3. The van der Waals surface area contributed by atoms with Crippen LogP contribution in [0.15, 0.2) is 30.9 Å². The fourth-order valence-corrected chi connectivity index (χ4v) is 4.08. The summed E-state index contributed by atoms with van der Waals surface area (Å²) in [6.07, 6.45) is 3.98. The van der Waals surface area contributed by atoms with Crippen molar-refractivity contribution in [3.8, 4) is 11.8 Å². The standard InChI is InChI=1S/C24H29NO5/c1-3-5-20-14-18(16-30-23(27)15-22(26)29-4-2)6-7-19(20)8-11-24(28)17-25-12-9-21(24)10-13-25/h3,6-7,14,21,28H,1,4-5,9-10,12-13,15-17H2,2H3. The van der Waals surface area contributed by atoms with Crippen molar-refractivity contribution >= 4 is 11.9 Å². The smallest absolute Gasteiger partial charge is 0.317 e. The van der Waals surface area contributed by atoms with Crippen molar-refractivity contribution in [3.63, 3.8) is 0 Å². The average Bonchev–Trinajstić information content (AvgIpc) is 2.72. The molecule has 3 aliphatic heterocycles. The number of hydrogen-bond acceptors (Lipinski definition) is 6. The monoisotopic (exact) mass is 411 g/mol. The third-order valence-corrected chi connectivity index (χ3v) is 5.67. The molecule has 1 aromatic rings. The number of nitrogens with zero attached hydrogens (tertiary/aromatic N) is 1. The lowest BCUT2D eigenvalue weighted by atomic mass is 9.75. The Labute approximate surface area is 177 Å². The highest BCUT2D eigenvalue weighted by Gasteiger charge is 2.44. The van der Waals surface area contributed by atoms with Crippen LogP contribution in [0, 0.1) is 17.8 Å². The normalized spacial score (nSPS) is 24.5. The molecule has 3 aliphatic rings. The number of aliphatic hydroxyl groups is 1. The summed E-state index contributed by atoms with van der Waals surface area (Å²) in [5.41, 5.74) is 1.64. The fourth-order valence-electron chi connectivity index (χ4n) is 4.08. The van der Waals surface area contributed by atoms with Gasteiger partial charge >= 0.3 is 11.9 Å². The molecule has 1 atom stereocenters. The van der Waals surface area contributed by atoms with E-state index in [-0.39, 0.29) is 19.1 Å². The van der Waals surface area contributed by atoms with Gasteiger partial charge in [0.1, 0.15) is 18.6 Å². The Hall–Kier alpha value is -2.62. The van der Waals surface area contributed by atoms with Gasteiger partial charge in [0.15, 0.2) is 0 Å². The number of ether oxygens (including phenoxy) is 2. The van der Waals surface area contributed by atoms with E-state index >= 15 is 0 Å². The summed E-state index contributed by atoms with van der Waals surface area (Å²) in [4.78, 5) is 25.4. The lowest BCUT2D eigenvalue weighted by molar-refractivity contribution is -0.155. The molecule has 0 aromatic heterocycles. The highest BCUT2D eigenvalue weighted by Crippen LogP contribution is 2.35. The number of benzene rings is 1. The van der Waals surface area contributed by atoms with Crippen LogP contribution >= 0.6 is 0 Å². The third kappa shape index (κ3) is 5.50. The first-order valence-electron chi connectivity index (χ1n) is 10.5. The number of piperidine rings is 3. The quantitative estimate of drug-likeness (QED) is 0.321. The molecule has 6 heteroatoms. The van der Waals surface area contributed by atoms with Crippen molar-refractivity contribution in [2.24, 2.45) is 5.92 Å². The van der Waals surface area contributed by atoms with Crippen LogP contribution in [0.5, 0.6) is 0 Å². The molecule has 3 heterocycles. The van der Waals surface area contributed by atoms with Gasteiger partial charge < -0.3 is 14.6 Å². The van der Waals surface area contributed by atoms with Gasteiger partial charge in [-0.3, -0.25) is 14.5 Å². The molecule has 6 nitrogen and oxygen atoms in total. The number of carbonyl (C=O) groups excluding carboxylic acids is 2. The van der Waals surface area contributed by atoms with E-state index in [1.165, 1.54) is 0 Å². The molecular formula is C24H29NO5. The van der Waals surface area contributed by atoms with E-state index in [9.17, 15) is 14.7 Å². The van der Waals surface area contributed by atoms with Crippen LogP contribution in [0.4, 0.5) is 0 Å². The first kappa shape index (κ1) is 22.1. The van der Waals surface area contributed by atoms with Crippen molar-refractivity contribution < 1.29 is 24.2 Å². The molecule has 0 amide bonds. The Morgan fingerprint density at radius 2 is 2.03 bits per heavy atom. The van der Waals surface area contributed by atoms with Crippen LogP contribution in [0.25, 0.3) is 0 Å². The minimum Gasteiger partial charge on any atom is -0.466 e. The van der Waals surface area contributed by atoms with Crippen LogP contribution in [-0.4, -0.2) is 53.8 Å². The zero-order valence-corrected chi connectivity index (χ0v) is 17.5. The maximum absolute atomic E-state index is 11.8. The number of carbonyl (C=O) groups is 2. The van der Waals surface area contributed by atoms with Gasteiger partial charge in [-0.05, 0) is 56.5 Å². The van der Waals surface area contributed by atoms with E-state index in [2.05, 4.69) is 23.3 Å². The summed E-state index contributed by atoms with van der Waals surface area (Å²) in [5, 5.41) is 11.0. The van der Waals surface area contributed by atoms with E-state index in [0.29, 0.717) is 13.0 Å². The van der Waals surface area contributed by atoms with Gasteiger partial charge in [0.2, 0.25) is 0 Å². The first-order chi connectivity index (χ1) is 14.4. The molecule has 1 unspecified atom stereocenters. The largest absolute Gasteiger partial charge is 0.466 e. The molecule has 4 rings (SSSR count). The van der Waals surface area contributed by atoms with E-state index in [0.717, 1.165) is 42.6 Å². The molecule has 1 aromatic carbocycles. The van der Waals surface area contributed by atoms with Gasteiger partial charge in [-0.1, -0.05) is 30.0 Å². The van der Waals surface area contributed by atoms with E-state index < -0.39 is 24.0 Å². The number of hydrogen-bond donors (Lipinski definition) is 1. The van der Waals surface area contributed by atoms with Gasteiger partial charge in [-0.2, -0.15) is 0 Å². The Morgan fingerprint density at radius 1 is 1.30 bits per heavy atom. The maximum Gasteiger partial charge on any atom is 0.317 e. The van der Waals surface area contributed by atoms with Crippen molar-refractivity contribution in [3.05, 3.63) is 47.5 Å². The molecule has 1 N–H and O–H groups in total. The van der Waals surface area contributed by atoms with Gasteiger partial charge in [-0.25, -0.2) is 0 Å². The summed E-state index contributed by atoms with van der Waals surface area (Å²) in [6, 6.07) is 5.64. The van der Waals surface area contributed by atoms with Crippen molar-refractivity contribution in [1.29, 1.82) is 0 Å². The summed E-state index contributed by atoms with van der Waals surface area (Å²) in [5.74, 6) is 5.35. The molecule has 160 valence electrons. The fraction of sp³-hybridized carbons (Fsp3) is 0.500. The zero-order chi connectivity index (χ0) is 21.6. The SMILES string of the molecule is C=CCc1cc(COC(=O)CC(=O)OCC)ccc1C#CC1(O)CN2CCC1CC2. The van der Waals surface area contributed by atoms with Crippen LogP contribution in [-0.2, 0) is 32.1 Å². The Kier molecular flexibility index (Phi) is 7.30. The Balaban J connectivity index is 1.68. The van der Waals surface area contributed by atoms with E-state index in [1.807, 2.05) is 18.2 Å². The molecule has 0 saturated carbocycles. The van der Waals surface area contributed by atoms with Gasteiger partial charge in [-0.15, -0.1) is 6.58 Å². The Morgan fingerprint density at radius 3 is 2.67 bits per heavy atom. The highest BCUT2D eigenvalue weighted by molar-refractivity contribution is 5.91. The number of allylic oxidation sites excluding steroid dienone is 1. The lowest BCUT2D eigenvalue weighted by Gasteiger charge is -2.47. The minimum absolute atomic E-state index is 0.0665. The summed E-state index contributed by atoms with van der Waals surface area (Å²) < 4.78 is 9.92.